The molecule has 7 heteroatoms. The SMILES string of the molecule is CC(C)c1cnc(SCC(=O)O)n1C(C)C(=O)NC1CC1. The third-order valence-electron chi connectivity index (χ3n) is 3.40. The van der Waals surface area contributed by atoms with Gasteiger partial charge in [-0.15, -0.1) is 0 Å². The summed E-state index contributed by atoms with van der Waals surface area (Å²) in [4.78, 5) is 27.3. The number of aromatic nitrogens is 2. The van der Waals surface area contributed by atoms with Crippen molar-refractivity contribution in [3.63, 3.8) is 0 Å². The monoisotopic (exact) mass is 311 g/mol. The molecule has 0 radical (unpaired) electrons. The van der Waals surface area contributed by atoms with Crippen LogP contribution in [0.2, 0.25) is 0 Å². The standard InChI is InChI=1S/C14H21N3O3S/c1-8(2)11-6-15-14(21-7-12(18)19)17(11)9(3)13(20)16-10-4-5-10/h6,8-10H,4-5,7H2,1-3H3,(H,16,20)(H,18,19). The molecule has 1 aromatic rings. The summed E-state index contributed by atoms with van der Waals surface area (Å²) in [5, 5.41) is 12.4. The molecule has 1 aliphatic rings. The summed E-state index contributed by atoms with van der Waals surface area (Å²) in [6, 6.07) is -0.0807. The predicted molar refractivity (Wildman–Crippen MR) is 80.6 cm³/mol. The van der Waals surface area contributed by atoms with Crippen molar-refractivity contribution in [3.8, 4) is 0 Å². The van der Waals surface area contributed by atoms with Crippen molar-refractivity contribution in [2.75, 3.05) is 5.75 Å². The van der Waals surface area contributed by atoms with E-state index in [0.29, 0.717) is 11.2 Å². The first-order valence-corrected chi connectivity index (χ1v) is 8.10. The number of rotatable bonds is 7. The molecule has 116 valence electrons. The predicted octanol–water partition coefficient (Wildman–Crippen LogP) is 2.02. The number of hydrogen-bond donors (Lipinski definition) is 2. The molecule has 1 aliphatic carbocycles. The first-order valence-electron chi connectivity index (χ1n) is 7.12. The smallest absolute Gasteiger partial charge is 0.313 e. The first kappa shape index (κ1) is 15.9. The Bertz CT molecular complexity index is 538. The molecule has 1 unspecified atom stereocenters. The van der Waals surface area contributed by atoms with Crippen LogP contribution < -0.4 is 5.32 Å². The highest BCUT2D eigenvalue weighted by Gasteiger charge is 2.28. The second-order valence-corrected chi connectivity index (χ2v) is 6.57. The zero-order chi connectivity index (χ0) is 15.6. The summed E-state index contributed by atoms with van der Waals surface area (Å²) in [6.45, 7) is 5.89. The van der Waals surface area contributed by atoms with Crippen molar-refractivity contribution < 1.29 is 14.7 Å². The van der Waals surface area contributed by atoms with Gasteiger partial charge in [0.25, 0.3) is 0 Å². The maximum absolute atomic E-state index is 12.3. The highest BCUT2D eigenvalue weighted by Crippen LogP contribution is 2.28. The molecular formula is C14H21N3O3S. The fourth-order valence-corrected chi connectivity index (χ4v) is 2.85. The number of carbonyl (C=O) groups excluding carboxylic acids is 1. The zero-order valence-electron chi connectivity index (χ0n) is 12.5. The van der Waals surface area contributed by atoms with Gasteiger partial charge in [-0.1, -0.05) is 25.6 Å². The number of carboxylic acid groups (broad SMARTS) is 1. The van der Waals surface area contributed by atoms with Gasteiger partial charge in [-0.05, 0) is 25.7 Å². The molecule has 1 fully saturated rings. The van der Waals surface area contributed by atoms with E-state index in [1.165, 1.54) is 0 Å². The highest BCUT2D eigenvalue weighted by atomic mass is 32.2. The van der Waals surface area contributed by atoms with Crippen LogP contribution in [0.4, 0.5) is 0 Å². The number of carbonyl (C=O) groups is 2. The van der Waals surface area contributed by atoms with E-state index < -0.39 is 5.97 Å². The van der Waals surface area contributed by atoms with Gasteiger partial charge in [-0.2, -0.15) is 0 Å². The Morgan fingerprint density at radius 3 is 2.67 bits per heavy atom. The molecule has 6 nitrogen and oxygen atoms in total. The van der Waals surface area contributed by atoms with Gasteiger partial charge in [-0.25, -0.2) is 4.98 Å². The molecule has 1 aromatic heterocycles. The molecule has 0 bridgehead atoms. The van der Waals surface area contributed by atoms with E-state index in [-0.39, 0.29) is 23.6 Å². The largest absolute Gasteiger partial charge is 0.481 e. The van der Waals surface area contributed by atoms with Crippen LogP contribution in [0.25, 0.3) is 0 Å². The second kappa shape index (κ2) is 6.51. The molecule has 1 saturated carbocycles. The van der Waals surface area contributed by atoms with Crippen LogP contribution in [0.5, 0.6) is 0 Å². The average molecular weight is 311 g/mol. The van der Waals surface area contributed by atoms with Crippen LogP contribution in [0.3, 0.4) is 0 Å². The fraction of sp³-hybridized carbons (Fsp3) is 0.643. The first-order chi connectivity index (χ1) is 9.90. The van der Waals surface area contributed by atoms with Crippen LogP contribution in [0.15, 0.2) is 11.4 Å². The van der Waals surface area contributed by atoms with E-state index in [1.54, 1.807) is 6.20 Å². The summed E-state index contributed by atoms with van der Waals surface area (Å²) in [5.41, 5.74) is 0.946. The number of amides is 1. The van der Waals surface area contributed by atoms with E-state index in [0.717, 1.165) is 30.3 Å². The number of hydrogen-bond acceptors (Lipinski definition) is 4. The zero-order valence-corrected chi connectivity index (χ0v) is 13.3. The number of carboxylic acids is 1. The second-order valence-electron chi connectivity index (χ2n) is 5.63. The lowest BCUT2D eigenvalue weighted by atomic mass is 10.1. The van der Waals surface area contributed by atoms with Gasteiger partial charge in [0.2, 0.25) is 5.91 Å². The van der Waals surface area contributed by atoms with Crippen molar-refractivity contribution in [1.29, 1.82) is 0 Å². The van der Waals surface area contributed by atoms with E-state index in [2.05, 4.69) is 10.3 Å². The molecule has 21 heavy (non-hydrogen) atoms. The number of nitrogens with zero attached hydrogens (tertiary/aromatic N) is 2. The van der Waals surface area contributed by atoms with Gasteiger partial charge in [0, 0.05) is 17.9 Å². The molecule has 0 spiro atoms. The van der Waals surface area contributed by atoms with Crippen LogP contribution in [0.1, 0.15) is 51.3 Å². The Morgan fingerprint density at radius 1 is 1.48 bits per heavy atom. The maximum atomic E-state index is 12.3. The molecule has 1 heterocycles. The molecule has 0 aromatic carbocycles. The van der Waals surface area contributed by atoms with Crippen molar-refractivity contribution >= 4 is 23.6 Å². The molecule has 2 N–H and O–H groups in total. The van der Waals surface area contributed by atoms with Crippen LogP contribution in [-0.4, -0.2) is 38.3 Å². The summed E-state index contributed by atoms with van der Waals surface area (Å²) in [5.74, 6) is -0.774. The highest BCUT2D eigenvalue weighted by molar-refractivity contribution is 7.99. The Labute approximate surface area is 128 Å². The molecule has 1 atom stereocenters. The van der Waals surface area contributed by atoms with E-state index in [1.807, 2.05) is 25.3 Å². The Balaban J connectivity index is 2.21. The number of imidazole rings is 1. The Hall–Kier alpha value is -1.50. The summed E-state index contributed by atoms with van der Waals surface area (Å²) >= 11 is 1.15. The quantitative estimate of drug-likeness (QED) is 0.753. The third kappa shape index (κ3) is 4.00. The van der Waals surface area contributed by atoms with Gasteiger partial charge in [-0.3, -0.25) is 9.59 Å². The molecule has 1 amide bonds. The maximum Gasteiger partial charge on any atom is 0.313 e. The van der Waals surface area contributed by atoms with Crippen LogP contribution in [0, 0.1) is 0 Å². The topological polar surface area (TPSA) is 84.2 Å². The molecular weight excluding hydrogens is 290 g/mol. The fourth-order valence-electron chi connectivity index (χ4n) is 2.07. The minimum atomic E-state index is -0.893. The average Bonchev–Trinajstić information content (AvgIpc) is 3.11. The van der Waals surface area contributed by atoms with Gasteiger partial charge >= 0.3 is 5.97 Å². The third-order valence-corrected chi connectivity index (χ3v) is 4.35. The minimum absolute atomic E-state index is 0.0328. The lowest BCUT2D eigenvalue weighted by Crippen LogP contribution is -2.33. The van der Waals surface area contributed by atoms with E-state index in [9.17, 15) is 9.59 Å². The lowest BCUT2D eigenvalue weighted by Gasteiger charge is -2.20. The molecule has 0 aliphatic heterocycles. The molecule has 2 rings (SSSR count). The summed E-state index contributed by atoms with van der Waals surface area (Å²) in [7, 11) is 0. The molecule has 0 saturated heterocycles. The van der Waals surface area contributed by atoms with Gasteiger partial charge < -0.3 is 15.0 Å². The number of thioether (sulfide) groups is 1. The van der Waals surface area contributed by atoms with Gasteiger partial charge in [0.1, 0.15) is 6.04 Å². The van der Waals surface area contributed by atoms with E-state index in [4.69, 9.17) is 5.11 Å². The van der Waals surface area contributed by atoms with Crippen molar-refractivity contribution in [3.05, 3.63) is 11.9 Å². The number of aliphatic carboxylic acids is 1. The van der Waals surface area contributed by atoms with E-state index >= 15 is 0 Å². The Morgan fingerprint density at radius 2 is 2.14 bits per heavy atom. The van der Waals surface area contributed by atoms with Gasteiger partial charge in [0.05, 0.1) is 5.75 Å². The minimum Gasteiger partial charge on any atom is -0.481 e. The van der Waals surface area contributed by atoms with Crippen molar-refractivity contribution in [2.45, 2.75) is 56.8 Å². The Kier molecular flexibility index (Phi) is 4.92. The van der Waals surface area contributed by atoms with Crippen molar-refractivity contribution in [1.82, 2.24) is 14.9 Å². The van der Waals surface area contributed by atoms with Crippen molar-refractivity contribution in [2.24, 2.45) is 0 Å². The lowest BCUT2D eigenvalue weighted by molar-refractivity contribution is -0.134. The normalized spacial score (nSPS) is 16.0. The van der Waals surface area contributed by atoms with Gasteiger partial charge in [0.15, 0.2) is 5.16 Å². The van der Waals surface area contributed by atoms with Crippen LogP contribution >= 0.6 is 11.8 Å². The summed E-state index contributed by atoms with van der Waals surface area (Å²) < 4.78 is 1.86. The number of nitrogens with one attached hydrogen (secondary N) is 1. The summed E-state index contributed by atoms with van der Waals surface area (Å²) in [6.07, 6.45) is 3.82. The van der Waals surface area contributed by atoms with Crippen LogP contribution in [-0.2, 0) is 9.59 Å².